The van der Waals surface area contributed by atoms with Crippen molar-refractivity contribution in [2.45, 2.75) is 44.6 Å². The molecule has 1 aromatic rings. The highest BCUT2D eigenvalue weighted by molar-refractivity contribution is 5.55. The number of likely N-dealkylation sites (N-methyl/N-ethyl adjacent to an activating group) is 1. The van der Waals surface area contributed by atoms with Crippen molar-refractivity contribution >= 4 is 5.69 Å². The number of nitrogen functional groups attached to an aromatic ring is 1. The summed E-state index contributed by atoms with van der Waals surface area (Å²) >= 11 is 0. The topological polar surface area (TPSA) is 29.3 Å². The van der Waals surface area contributed by atoms with Gasteiger partial charge in [0.05, 0.1) is 0 Å². The molecule has 0 fully saturated rings. The lowest BCUT2D eigenvalue weighted by Gasteiger charge is -2.47. The summed E-state index contributed by atoms with van der Waals surface area (Å²) in [6.07, 6.45) is 3.86. The normalized spacial score (nSPS) is 26.6. The minimum Gasteiger partial charge on any atom is -0.399 e. The lowest BCUT2D eigenvalue weighted by Crippen LogP contribution is -2.46. The maximum Gasteiger partial charge on any atom is 0.0405 e. The van der Waals surface area contributed by atoms with Crippen molar-refractivity contribution in [3.63, 3.8) is 0 Å². The summed E-state index contributed by atoms with van der Waals surface area (Å²) in [6, 6.07) is 4.40. The molecule has 0 aromatic heterocycles. The zero-order valence-corrected chi connectivity index (χ0v) is 11.1. The van der Waals surface area contributed by atoms with Gasteiger partial charge in [-0.15, -0.1) is 0 Å². The van der Waals surface area contributed by atoms with Gasteiger partial charge >= 0.3 is 0 Å². The number of anilines is 1. The van der Waals surface area contributed by atoms with Crippen molar-refractivity contribution in [1.82, 2.24) is 4.90 Å². The standard InChI is InChI=1S/C15H22N2/c1-15(2)13-8-12(16)7-10-5-4-6-11(14(10)13)9-17(15)3/h7-8,11H,4-6,9,16H2,1-3H3. The Kier molecular flexibility index (Phi) is 2.27. The van der Waals surface area contributed by atoms with Crippen molar-refractivity contribution in [2.75, 3.05) is 19.3 Å². The van der Waals surface area contributed by atoms with E-state index in [0.717, 1.165) is 11.6 Å². The van der Waals surface area contributed by atoms with E-state index in [2.05, 4.69) is 37.9 Å². The highest BCUT2D eigenvalue weighted by Crippen LogP contribution is 2.45. The number of nitrogens with two attached hydrogens (primary N) is 1. The fourth-order valence-electron chi connectivity index (χ4n) is 3.56. The summed E-state index contributed by atoms with van der Waals surface area (Å²) < 4.78 is 0. The van der Waals surface area contributed by atoms with Gasteiger partial charge in [0.2, 0.25) is 0 Å². The molecule has 2 heteroatoms. The van der Waals surface area contributed by atoms with Crippen LogP contribution in [0.1, 0.15) is 49.3 Å². The fraction of sp³-hybridized carbons (Fsp3) is 0.600. The summed E-state index contributed by atoms with van der Waals surface area (Å²) in [5, 5.41) is 0. The molecule has 2 N–H and O–H groups in total. The number of hydrogen-bond acceptors (Lipinski definition) is 2. The van der Waals surface area contributed by atoms with Gasteiger partial charge in [-0.25, -0.2) is 0 Å². The molecular weight excluding hydrogens is 208 g/mol. The Morgan fingerprint density at radius 2 is 2.12 bits per heavy atom. The zero-order valence-electron chi connectivity index (χ0n) is 11.1. The minimum absolute atomic E-state index is 0.118. The van der Waals surface area contributed by atoms with Crippen LogP contribution in [-0.2, 0) is 12.0 Å². The second kappa shape index (κ2) is 3.49. The van der Waals surface area contributed by atoms with E-state index in [1.807, 2.05) is 0 Å². The second-order valence-electron chi connectivity index (χ2n) is 6.17. The van der Waals surface area contributed by atoms with Gasteiger partial charge < -0.3 is 5.73 Å². The first-order chi connectivity index (χ1) is 8.00. The molecule has 2 aliphatic rings. The fourth-order valence-corrected chi connectivity index (χ4v) is 3.56. The average molecular weight is 230 g/mol. The molecule has 0 radical (unpaired) electrons. The van der Waals surface area contributed by atoms with Crippen LogP contribution in [-0.4, -0.2) is 18.5 Å². The molecule has 1 unspecified atom stereocenters. The van der Waals surface area contributed by atoms with Crippen molar-refractivity contribution < 1.29 is 0 Å². The third-order valence-corrected chi connectivity index (χ3v) is 4.80. The molecule has 3 rings (SSSR count). The van der Waals surface area contributed by atoms with E-state index in [4.69, 9.17) is 5.73 Å². The van der Waals surface area contributed by atoms with E-state index in [-0.39, 0.29) is 5.54 Å². The molecule has 17 heavy (non-hydrogen) atoms. The van der Waals surface area contributed by atoms with E-state index in [0.29, 0.717) is 0 Å². The van der Waals surface area contributed by atoms with Crippen LogP contribution in [0, 0.1) is 0 Å². The Labute approximate surface area is 104 Å². The van der Waals surface area contributed by atoms with Gasteiger partial charge in [-0.05, 0) is 74.9 Å². The van der Waals surface area contributed by atoms with Crippen LogP contribution in [0.5, 0.6) is 0 Å². The monoisotopic (exact) mass is 230 g/mol. The number of nitrogens with zero attached hydrogens (tertiary/aromatic N) is 1. The van der Waals surface area contributed by atoms with Gasteiger partial charge in [-0.1, -0.05) is 0 Å². The Morgan fingerprint density at radius 3 is 2.88 bits per heavy atom. The van der Waals surface area contributed by atoms with E-state index in [1.165, 1.54) is 36.9 Å². The van der Waals surface area contributed by atoms with E-state index in [1.54, 1.807) is 5.56 Å². The van der Waals surface area contributed by atoms with Crippen LogP contribution in [0.15, 0.2) is 12.1 Å². The molecule has 1 aliphatic heterocycles. The van der Waals surface area contributed by atoms with Gasteiger partial charge in [-0.3, -0.25) is 4.90 Å². The Hall–Kier alpha value is -1.02. The predicted octanol–water partition coefficient (Wildman–Crippen LogP) is 2.87. The molecule has 0 bridgehead atoms. The highest BCUT2D eigenvalue weighted by Gasteiger charge is 2.39. The van der Waals surface area contributed by atoms with Crippen LogP contribution >= 0.6 is 0 Å². The minimum atomic E-state index is 0.118. The first-order valence-electron chi connectivity index (χ1n) is 6.64. The molecule has 1 heterocycles. The molecule has 1 atom stereocenters. The van der Waals surface area contributed by atoms with Crippen molar-refractivity contribution in [3.8, 4) is 0 Å². The first-order valence-corrected chi connectivity index (χ1v) is 6.64. The quantitative estimate of drug-likeness (QED) is 0.694. The zero-order chi connectivity index (χ0) is 12.2. The number of benzene rings is 1. The van der Waals surface area contributed by atoms with Crippen molar-refractivity contribution in [2.24, 2.45) is 0 Å². The largest absolute Gasteiger partial charge is 0.399 e. The van der Waals surface area contributed by atoms with Crippen LogP contribution in [0.2, 0.25) is 0 Å². The average Bonchev–Trinajstić information content (AvgIpc) is 2.26. The van der Waals surface area contributed by atoms with Crippen molar-refractivity contribution in [3.05, 3.63) is 28.8 Å². The first kappa shape index (κ1) is 11.1. The lowest BCUT2D eigenvalue weighted by molar-refractivity contribution is 0.122. The third-order valence-electron chi connectivity index (χ3n) is 4.80. The number of rotatable bonds is 0. The Balaban J connectivity index is 2.26. The van der Waals surface area contributed by atoms with Crippen LogP contribution in [0.3, 0.4) is 0 Å². The Morgan fingerprint density at radius 1 is 1.35 bits per heavy atom. The van der Waals surface area contributed by atoms with E-state index in [9.17, 15) is 0 Å². The number of aryl methyl sites for hydroxylation is 1. The molecule has 1 aromatic carbocycles. The molecule has 0 amide bonds. The van der Waals surface area contributed by atoms with Gasteiger partial charge in [0, 0.05) is 17.8 Å². The lowest BCUT2D eigenvalue weighted by atomic mass is 9.71. The molecular formula is C15H22N2. The summed E-state index contributed by atoms with van der Waals surface area (Å²) in [7, 11) is 2.24. The van der Waals surface area contributed by atoms with E-state index >= 15 is 0 Å². The van der Waals surface area contributed by atoms with Gasteiger partial charge in [0.25, 0.3) is 0 Å². The molecule has 1 aliphatic carbocycles. The van der Waals surface area contributed by atoms with E-state index < -0.39 is 0 Å². The molecule has 0 saturated carbocycles. The van der Waals surface area contributed by atoms with Gasteiger partial charge in [-0.2, -0.15) is 0 Å². The molecule has 0 saturated heterocycles. The summed E-state index contributed by atoms with van der Waals surface area (Å²) in [4.78, 5) is 2.48. The summed E-state index contributed by atoms with van der Waals surface area (Å²) in [5.74, 6) is 0.729. The summed E-state index contributed by atoms with van der Waals surface area (Å²) in [5.41, 5.74) is 11.7. The van der Waals surface area contributed by atoms with Gasteiger partial charge in [0.15, 0.2) is 0 Å². The molecule has 0 spiro atoms. The second-order valence-corrected chi connectivity index (χ2v) is 6.17. The molecule has 92 valence electrons. The van der Waals surface area contributed by atoms with Crippen LogP contribution in [0.25, 0.3) is 0 Å². The molecule has 2 nitrogen and oxygen atoms in total. The van der Waals surface area contributed by atoms with Gasteiger partial charge in [0.1, 0.15) is 0 Å². The maximum absolute atomic E-state index is 6.08. The Bertz CT molecular complexity index is 462. The highest BCUT2D eigenvalue weighted by atomic mass is 15.2. The SMILES string of the molecule is CN1CC2CCCc3cc(N)cc(c32)C1(C)C. The summed E-state index contributed by atoms with van der Waals surface area (Å²) in [6.45, 7) is 5.82. The maximum atomic E-state index is 6.08. The number of hydrogen-bond donors (Lipinski definition) is 1. The smallest absolute Gasteiger partial charge is 0.0405 e. The van der Waals surface area contributed by atoms with Crippen LogP contribution < -0.4 is 5.73 Å². The van der Waals surface area contributed by atoms with Crippen molar-refractivity contribution in [1.29, 1.82) is 0 Å². The predicted molar refractivity (Wildman–Crippen MR) is 72.2 cm³/mol. The van der Waals surface area contributed by atoms with Crippen LogP contribution in [0.4, 0.5) is 5.69 Å². The third kappa shape index (κ3) is 1.50.